The van der Waals surface area contributed by atoms with Gasteiger partial charge in [0, 0.05) is 41.7 Å². The van der Waals surface area contributed by atoms with Crippen LogP contribution in [0.3, 0.4) is 0 Å². The summed E-state index contributed by atoms with van der Waals surface area (Å²) in [6.07, 6.45) is 7.04. The van der Waals surface area contributed by atoms with E-state index in [4.69, 9.17) is 4.98 Å². The zero-order valence-electron chi connectivity index (χ0n) is 21.5. The van der Waals surface area contributed by atoms with E-state index in [1.54, 1.807) is 6.20 Å². The first-order valence-electron chi connectivity index (χ1n) is 13.3. The second-order valence-electron chi connectivity index (χ2n) is 9.96. The number of ketones is 1. The quantitative estimate of drug-likeness (QED) is 0.232. The van der Waals surface area contributed by atoms with Gasteiger partial charge < -0.3 is 4.90 Å². The molecule has 0 bridgehead atoms. The van der Waals surface area contributed by atoms with E-state index in [0.717, 1.165) is 59.4 Å². The number of benzene rings is 2. The third-order valence-corrected chi connectivity index (χ3v) is 8.33. The summed E-state index contributed by atoms with van der Waals surface area (Å²) in [6.45, 7) is 4.90. The normalized spacial score (nSPS) is 17.7. The average molecular weight is 512 g/mol. The first kappa shape index (κ1) is 25.3. The van der Waals surface area contributed by atoms with Crippen LogP contribution in [0.25, 0.3) is 22.2 Å². The summed E-state index contributed by atoms with van der Waals surface area (Å²) in [4.78, 5) is 39.3. The van der Waals surface area contributed by atoms with E-state index < -0.39 is 0 Å². The predicted octanol–water partition coefficient (Wildman–Crippen LogP) is 7.35. The summed E-state index contributed by atoms with van der Waals surface area (Å²) < 4.78 is 0. The van der Waals surface area contributed by atoms with Crippen LogP contribution in [0, 0.1) is 12.8 Å². The molecule has 1 aliphatic heterocycles. The Morgan fingerprint density at radius 2 is 1.81 bits per heavy atom. The molecule has 6 heteroatoms. The van der Waals surface area contributed by atoms with Crippen molar-refractivity contribution < 1.29 is 9.59 Å². The fourth-order valence-corrected chi connectivity index (χ4v) is 6.45. The van der Waals surface area contributed by atoms with Crippen molar-refractivity contribution in [3.8, 4) is 11.3 Å². The second-order valence-corrected chi connectivity index (χ2v) is 11.2. The number of fused-ring (bicyclic) bond motifs is 1. The van der Waals surface area contributed by atoms with E-state index in [2.05, 4.69) is 16.8 Å². The Bertz CT molecular complexity index is 1390. The molecule has 4 aromatic rings. The highest BCUT2D eigenvalue weighted by molar-refractivity contribution is 7.14. The highest BCUT2D eigenvalue weighted by Gasteiger charge is 2.34. The smallest absolute Gasteiger partial charge is 0.266 e. The van der Waals surface area contributed by atoms with E-state index in [1.807, 2.05) is 67.6 Å². The van der Waals surface area contributed by atoms with Gasteiger partial charge in [0.05, 0.1) is 16.2 Å². The largest absolute Gasteiger partial charge is 0.335 e. The molecule has 1 amide bonds. The summed E-state index contributed by atoms with van der Waals surface area (Å²) in [5.74, 6) is 0.637. The number of pyridine rings is 1. The van der Waals surface area contributed by atoms with Crippen molar-refractivity contribution in [3.63, 3.8) is 0 Å². The van der Waals surface area contributed by atoms with E-state index >= 15 is 0 Å². The van der Waals surface area contributed by atoms with Gasteiger partial charge in [-0.15, -0.1) is 11.3 Å². The monoisotopic (exact) mass is 511 g/mol. The molecule has 37 heavy (non-hydrogen) atoms. The first-order chi connectivity index (χ1) is 18.0. The number of rotatable bonds is 8. The van der Waals surface area contributed by atoms with Gasteiger partial charge in [-0.3, -0.25) is 14.6 Å². The summed E-state index contributed by atoms with van der Waals surface area (Å²) in [5, 5.41) is 1.86. The molecule has 5 rings (SSSR count). The zero-order valence-corrected chi connectivity index (χ0v) is 22.3. The molecule has 2 atom stereocenters. The Balaban J connectivity index is 1.39. The molecule has 1 saturated heterocycles. The van der Waals surface area contributed by atoms with Crippen molar-refractivity contribution in [2.24, 2.45) is 5.92 Å². The van der Waals surface area contributed by atoms with Crippen molar-refractivity contribution in [2.75, 3.05) is 6.54 Å². The minimum atomic E-state index is 0.0403. The van der Waals surface area contributed by atoms with Crippen LogP contribution >= 0.6 is 11.3 Å². The minimum Gasteiger partial charge on any atom is -0.335 e. The number of aromatic nitrogens is 2. The fraction of sp³-hybridized carbons (Fsp3) is 0.355. The van der Waals surface area contributed by atoms with Crippen molar-refractivity contribution in [1.29, 1.82) is 0 Å². The molecule has 5 nitrogen and oxygen atoms in total. The number of amides is 1. The molecule has 3 heterocycles. The number of para-hydroxylation sites is 1. The lowest BCUT2D eigenvalue weighted by Gasteiger charge is -2.40. The number of nitrogens with zero attached hydrogens (tertiary/aromatic N) is 3. The number of carbonyl (C=O) groups excluding carboxylic acids is 2. The van der Waals surface area contributed by atoms with Gasteiger partial charge in [0.25, 0.3) is 5.91 Å². The van der Waals surface area contributed by atoms with E-state index in [-0.39, 0.29) is 17.7 Å². The topological polar surface area (TPSA) is 63.2 Å². The summed E-state index contributed by atoms with van der Waals surface area (Å²) in [5.41, 5.74) is 3.15. The molecule has 2 aromatic carbocycles. The van der Waals surface area contributed by atoms with Crippen LogP contribution < -0.4 is 0 Å². The van der Waals surface area contributed by atoms with E-state index in [0.29, 0.717) is 29.2 Å². The number of piperidine rings is 1. The minimum absolute atomic E-state index is 0.0403. The van der Waals surface area contributed by atoms with Gasteiger partial charge in [-0.2, -0.15) is 0 Å². The van der Waals surface area contributed by atoms with Crippen LogP contribution in [0.4, 0.5) is 0 Å². The number of hydrogen-bond acceptors (Lipinski definition) is 5. The Hall–Kier alpha value is -3.38. The molecule has 0 saturated carbocycles. The number of carbonyl (C=O) groups is 2. The van der Waals surface area contributed by atoms with Crippen LogP contribution in [0.5, 0.6) is 0 Å². The van der Waals surface area contributed by atoms with Gasteiger partial charge in [-0.05, 0) is 50.7 Å². The van der Waals surface area contributed by atoms with Gasteiger partial charge in [0.1, 0.15) is 4.88 Å². The lowest BCUT2D eigenvalue weighted by atomic mass is 9.87. The Labute approximate surface area is 222 Å². The summed E-state index contributed by atoms with van der Waals surface area (Å²) in [6, 6.07) is 19.6. The van der Waals surface area contributed by atoms with Gasteiger partial charge in [-0.25, -0.2) is 4.98 Å². The Morgan fingerprint density at radius 3 is 2.62 bits per heavy atom. The second kappa shape index (κ2) is 11.3. The van der Waals surface area contributed by atoms with Crippen molar-refractivity contribution in [3.05, 3.63) is 82.3 Å². The van der Waals surface area contributed by atoms with Crippen LogP contribution in [0.1, 0.15) is 70.5 Å². The van der Waals surface area contributed by atoms with Gasteiger partial charge in [0.15, 0.2) is 5.78 Å². The molecule has 1 aliphatic rings. The number of likely N-dealkylation sites (tertiary alicyclic amines) is 1. The number of aryl methyl sites for hydroxylation is 1. The van der Waals surface area contributed by atoms with Gasteiger partial charge >= 0.3 is 0 Å². The molecule has 190 valence electrons. The summed E-state index contributed by atoms with van der Waals surface area (Å²) >= 11 is 1.47. The Morgan fingerprint density at radius 1 is 1.00 bits per heavy atom. The van der Waals surface area contributed by atoms with Crippen molar-refractivity contribution in [2.45, 2.75) is 58.4 Å². The van der Waals surface area contributed by atoms with Crippen LogP contribution in [0.2, 0.25) is 0 Å². The molecule has 2 unspecified atom stereocenters. The lowest BCUT2D eigenvalue weighted by Crippen LogP contribution is -2.47. The van der Waals surface area contributed by atoms with Crippen molar-refractivity contribution in [1.82, 2.24) is 14.9 Å². The highest BCUT2D eigenvalue weighted by atomic mass is 32.1. The highest BCUT2D eigenvalue weighted by Crippen LogP contribution is 2.34. The maximum Gasteiger partial charge on any atom is 0.266 e. The maximum absolute atomic E-state index is 14.1. The van der Waals surface area contributed by atoms with Gasteiger partial charge in [-0.1, -0.05) is 61.9 Å². The fourth-order valence-electron chi connectivity index (χ4n) is 5.55. The first-order valence-corrected chi connectivity index (χ1v) is 14.1. The molecule has 0 aliphatic carbocycles. The third kappa shape index (κ3) is 5.49. The molecule has 0 radical (unpaired) electrons. The van der Waals surface area contributed by atoms with Crippen LogP contribution in [-0.2, 0) is 0 Å². The predicted molar refractivity (Wildman–Crippen MR) is 150 cm³/mol. The number of thiazole rings is 1. The van der Waals surface area contributed by atoms with E-state index in [1.165, 1.54) is 11.3 Å². The van der Waals surface area contributed by atoms with Crippen molar-refractivity contribution >= 4 is 33.9 Å². The van der Waals surface area contributed by atoms with Gasteiger partial charge in [0.2, 0.25) is 0 Å². The number of Topliss-reactive ketones (excluding diaryl/α,β-unsaturated/α-hetero) is 1. The van der Waals surface area contributed by atoms with E-state index in [9.17, 15) is 9.59 Å². The maximum atomic E-state index is 14.1. The average Bonchev–Trinajstić information content (AvgIpc) is 3.33. The number of hydrogen-bond donors (Lipinski definition) is 0. The van der Waals surface area contributed by atoms with Crippen LogP contribution in [0.15, 0.2) is 66.9 Å². The van der Waals surface area contributed by atoms with Crippen LogP contribution in [-0.4, -0.2) is 39.1 Å². The molecule has 0 N–H and O–H groups in total. The SMILES string of the molecule is CCCC1CCC(CCC(=O)c2cccc3cccnc23)N(C(=O)c2sc(C)nc2-c2ccccc2)C1. The molecule has 0 spiro atoms. The molecular weight excluding hydrogens is 478 g/mol. The standard InChI is InChI=1S/C31H33N3O2S/c1-3-9-22-15-16-25(17-18-27(35)26-14-7-12-23-13-8-19-32-28(23)26)34(20-22)31(36)30-29(33-21(2)37-30)24-10-5-4-6-11-24/h4-8,10-14,19,22,25H,3,9,15-18,20H2,1-2H3. The molecular formula is C31H33N3O2S. The third-order valence-electron chi connectivity index (χ3n) is 7.37. The molecule has 1 fully saturated rings. The summed E-state index contributed by atoms with van der Waals surface area (Å²) in [7, 11) is 0. The Kier molecular flexibility index (Phi) is 7.75. The lowest BCUT2D eigenvalue weighted by molar-refractivity contribution is 0.0504. The molecule has 2 aromatic heterocycles. The zero-order chi connectivity index (χ0) is 25.8.